The third-order valence-corrected chi connectivity index (χ3v) is 4.99. The molecular weight excluding hydrogens is 398 g/mol. The molecule has 0 radical (unpaired) electrons. The lowest BCUT2D eigenvalue weighted by Crippen LogP contribution is -2.12. The van der Waals surface area contributed by atoms with Crippen LogP contribution in [0.25, 0.3) is 23.1 Å². The second kappa shape index (κ2) is 9.79. The third kappa shape index (κ3) is 5.13. The highest BCUT2D eigenvalue weighted by molar-refractivity contribution is 6.03. The van der Waals surface area contributed by atoms with Gasteiger partial charge in [-0.25, -0.2) is 0 Å². The molecule has 0 saturated carbocycles. The molecule has 0 aliphatic heterocycles. The van der Waals surface area contributed by atoms with E-state index >= 15 is 0 Å². The van der Waals surface area contributed by atoms with Crippen LogP contribution < -0.4 is 10.1 Å². The van der Waals surface area contributed by atoms with Gasteiger partial charge in [-0.3, -0.25) is 9.89 Å². The predicted molar refractivity (Wildman–Crippen MR) is 131 cm³/mol. The van der Waals surface area contributed by atoms with Gasteiger partial charge in [0.05, 0.1) is 11.2 Å². The number of carbonyl (C=O) groups excluding carboxylic acids is 1. The molecule has 0 atom stereocenters. The fourth-order valence-corrected chi connectivity index (χ4v) is 3.35. The van der Waals surface area contributed by atoms with Crippen LogP contribution in [0.3, 0.4) is 0 Å². The van der Waals surface area contributed by atoms with E-state index < -0.39 is 0 Å². The maximum absolute atomic E-state index is 12.2. The molecule has 2 N–H and O–H groups in total. The molecule has 0 saturated heterocycles. The summed E-state index contributed by atoms with van der Waals surface area (Å²) < 4.78 is 6.02. The van der Waals surface area contributed by atoms with Crippen LogP contribution in [-0.4, -0.2) is 16.1 Å². The zero-order chi connectivity index (χ0) is 22.3. The van der Waals surface area contributed by atoms with Crippen molar-refractivity contribution < 1.29 is 9.53 Å². The number of rotatable bonds is 7. The van der Waals surface area contributed by atoms with Gasteiger partial charge in [0.25, 0.3) is 5.91 Å². The van der Waals surface area contributed by atoms with Crippen molar-refractivity contribution in [2.75, 3.05) is 5.32 Å². The molecule has 5 nitrogen and oxygen atoms in total. The van der Waals surface area contributed by atoms with E-state index in [0.717, 1.165) is 28.6 Å². The molecule has 0 aliphatic rings. The molecule has 4 aromatic rings. The summed E-state index contributed by atoms with van der Waals surface area (Å²) in [4.78, 5) is 12.2. The summed E-state index contributed by atoms with van der Waals surface area (Å²) in [6, 6.07) is 23.3. The maximum atomic E-state index is 12.2. The smallest absolute Gasteiger partial charge is 0.250 e. The number of ether oxygens (including phenoxy) is 1. The van der Waals surface area contributed by atoms with Crippen molar-refractivity contribution >= 4 is 34.6 Å². The largest absolute Gasteiger partial charge is 0.457 e. The van der Waals surface area contributed by atoms with Gasteiger partial charge in [0, 0.05) is 28.8 Å². The van der Waals surface area contributed by atoms with Crippen LogP contribution in [0.4, 0.5) is 5.69 Å². The molecule has 4 rings (SSSR count). The molecule has 1 aromatic heterocycles. The molecule has 0 fully saturated rings. The third-order valence-electron chi connectivity index (χ3n) is 4.99. The fourth-order valence-electron chi connectivity index (χ4n) is 3.35. The Hall–Kier alpha value is -4.12. The number of aromatic nitrogens is 2. The van der Waals surface area contributed by atoms with Gasteiger partial charge in [-0.05, 0) is 49.2 Å². The van der Waals surface area contributed by atoms with E-state index in [1.54, 1.807) is 0 Å². The number of hydrogen-bond acceptors (Lipinski definition) is 3. The number of benzene rings is 3. The monoisotopic (exact) mass is 423 g/mol. The normalized spacial score (nSPS) is 11.8. The number of fused-ring (bicyclic) bond motifs is 1. The van der Waals surface area contributed by atoms with Crippen molar-refractivity contribution in [3.63, 3.8) is 0 Å². The Labute approximate surface area is 187 Å². The second-order valence-electron chi connectivity index (χ2n) is 7.44. The fraction of sp³-hybridized carbons (Fsp3) is 0.111. The first-order valence-electron chi connectivity index (χ1n) is 10.6. The topological polar surface area (TPSA) is 67.0 Å². The minimum absolute atomic E-state index is 0.112. The average molecular weight is 424 g/mol. The number of aromatic amines is 1. The molecule has 0 bridgehead atoms. The lowest BCUT2D eigenvalue weighted by atomic mass is 10.1. The van der Waals surface area contributed by atoms with E-state index in [2.05, 4.69) is 27.6 Å². The molecule has 1 heterocycles. The number of nitrogens with one attached hydrogen (secondary N) is 2. The minimum Gasteiger partial charge on any atom is -0.457 e. The van der Waals surface area contributed by atoms with Crippen LogP contribution in [0, 0.1) is 0 Å². The first kappa shape index (κ1) is 21.1. The Balaban J connectivity index is 1.49. The standard InChI is InChI=1S/C27H25N3O2/c1-3-8-19(2)27(31)28-21-11-7-12-22(17-21)32-23-14-15-24-25(29-30-26(24)18-23)16-13-20-9-5-4-6-10-20/h4-18H,3H2,1-2H3,(H,28,31)(H,29,30)/b16-13+,19-8+. The first-order chi connectivity index (χ1) is 15.6. The van der Waals surface area contributed by atoms with Gasteiger partial charge in [-0.1, -0.05) is 55.5 Å². The highest BCUT2D eigenvalue weighted by Gasteiger charge is 2.08. The lowest BCUT2D eigenvalue weighted by Gasteiger charge is -2.09. The van der Waals surface area contributed by atoms with E-state index in [-0.39, 0.29) is 5.91 Å². The van der Waals surface area contributed by atoms with E-state index in [4.69, 9.17) is 4.74 Å². The second-order valence-corrected chi connectivity index (χ2v) is 7.44. The summed E-state index contributed by atoms with van der Waals surface area (Å²) in [6.45, 7) is 3.81. The van der Waals surface area contributed by atoms with E-state index in [9.17, 15) is 4.79 Å². The predicted octanol–water partition coefficient (Wildman–Crippen LogP) is 6.82. The zero-order valence-corrected chi connectivity index (χ0v) is 18.1. The summed E-state index contributed by atoms with van der Waals surface area (Å²) in [5, 5.41) is 11.4. The van der Waals surface area contributed by atoms with Crippen LogP contribution in [0.15, 0.2) is 84.4 Å². The molecule has 0 unspecified atom stereocenters. The molecular formula is C27H25N3O2. The van der Waals surface area contributed by atoms with E-state index in [1.807, 2.05) is 92.7 Å². The van der Waals surface area contributed by atoms with Gasteiger partial charge < -0.3 is 10.1 Å². The summed E-state index contributed by atoms with van der Waals surface area (Å²) in [7, 11) is 0. The van der Waals surface area contributed by atoms with Crippen LogP contribution in [0.5, 0.6) is 11.5 Å². The molecule has 1 amide bonds. The summed E-state index contributed by atoms with van der Waals surface area (Å²) >= 11 is 0. The van der Waals surface area contributed by atoms with E-state index in [1.165, 1.54) is 0 Å². The number of amides is 1. The SMILES string of the molecule is CC/C=C(\C)C(=O)Nc1cccc(Oc2ccc3c(/C=C/c4ccccc4)n[nH]c3c2)c1. The Kier molecular flexibility index (Phi) is 6.46. The van der Waals surface area contributed by atoms with Gasteiger partial charge in [0.1, 0.15) is 11.5 Å². The summed E-state index contributed by atoms with van der Waals surface area (Å²) in [5.41, 5.74) is 4.26. The van der Waals surface area contributed by atoms with Crippen molar-refractivity contribution in [1.82, 2.24) is 10.2 Å². The molecule has 0 spiro atoms. The van der Waals surface area contributed by atoms with Crippen molar-refractivity contribution in [2.45, 2.75) is 20.3 Å². The van der Waals surface area contributed by atoms with Crippen LogP contribution >= 0.6 is 0 Å². The molecule has 160 valence electrons. The van der Waals surface area contributed by atoms with Crippen LogP contribution in [-0.2, 0) is 4.79 Å². The minimum atomic E-state index is -0.112. The molecule has 5 heteroatoms. The van der Waals surface area contributed by atoms with Crippen molar-refractivity contribution in [2.24, 2.45) is 0 Å². The van der Waals surface area contributed by atoms with Crippen LogP contribution in [0.2, 0.25) is 0 Å². The Morgan fingerprint density at radius 3 is 2.62 bits per heavy atom. The molecule has 0 aliphatic carbocycles. The van der Waals surface area contributed by atoms with Crippen LogP contribution in [0.1, 0.15) is 31.5 Å². The highest BCUT2D eigenvalue weighted by Crippen LogP contribution is 2.28. The quantitative estimate of drug-likeness (QED) is 0.321. The van der Waals surface area contributed by atoms with Gasteiger partial charge in [-0.15, -0.1) is 0 Å². The van der Waals surface area contributed by atoms with Gasteiger partial charge >= 0.3 is 0 Å². The number of H-pyrrole nitrogens is 1. The zero-order valence-electron chi connectivity index (χ0n) is 18.1. The first-order valence-corrected chi connectivity index (χ1v) is 10.6. The van der Waals surface area contributed by atoms with Gasteiger partial charge in [-0.2, -0.15) is 5.10 Å². The van der Waals surface area contributed by atoms with Gasteiger partial charge in [0.2, 0.25) is 0 Å². The number of nitrogens with zero attached hydrogens (tertiary/aromatic N) is 1. The Bertz CT molecular complexity index is 1290. The average Bonchev–Trinajstić information content (AvgIpc) is 3.21. The van der Waals surface area contributed by atoms with Crippen molar-refractivity contribution in [3.05, 3.63) is 95.7 Å². The number of carbonyl (C=O) groups is 1. The number of allylic oxidation sites excluding steroid dienone is 1. The van der Waals surface area contributed by atoms with Crippen molar-refractivity contribution in [3.8, 4) is 11.5 Å². The highest BCUT2D eigenvalue weighted by atomic mass is 16.5. The summed E-state index contributed by atoms with van der Waals surface area (Å²) in [6.07, 6.45) is 6.76. The van der Waals surface area contributed by atoms with E-state index in [0.29, 0.717) is 22.8 Å². The summed E-state index contributed by atoms with van der Waals surface area (Å²) in [5.74, 6) is 1.22. The maximum Gasteiger partial charge on any atom is 0.250 e. The molecule has 3 aromatic carbocycles. The Morgan fingerprint density at radius 1 is 1.00 bits per heavy atom. The Morgan fingerprint density at radius 2 is 1.81 bits per heavy atom. The van der Waals surface area contributed by atoms with Gasteiger partial charge in [0.15, 0.2) is 0 Å². The number of hydrogen-bond donors (Lipinski definition) is 2. The molecule has 32 heavy (non-hydrogen) atoms. The lowest BCUT2D eigenvalue weighted by molar-refractivity contribution is -0.112. The number of anilines is 1. The van der Waals surface area contributed by atoms with Crippen molar-refractivity contribution in [1.29, 1.82) is 0 Å².